The van der Waals surface area contributed by atoms with Crippen molar-refractivity contribution in [2.24, 2.45) is 23.7 Å². The fraction of sp³-hybridized carbons (Fsp3) is 0.382. The summed E-state index contributed by atoms with van der Waals surface area (Å²) in [6.45, 7) is 0.199. The smallest absolute Gasteiger partial charge is 0.309 e. The molecule has 3 aromatic carbocycles. The summed E-state index contributed by atoms with van der Waals surface area (Å²) >= 11 is 0. The SMILES string of the molecule is COc1cc(F)c(OC2CCC(C(=O)OCc3cccc4ccccc34)CC2)cc1C(=O)NC1C2C=CC(C2)C1C(=O)O. The molecule has 0 radical (unpaired) electrons. The summed E-state index contributed by atoms with van der Waals surface area (Å²) in [5.41, 5.74) is 1.02. The second-order valence-electron chi connectivity index (χ2n) is 11.6. The lowest BCUT2D eigenvalue weighted by Crippen LogP contribution is -2.45. The number of carboxylic acids is 1. The van der Waals surface area contributed by atoms with E-state index in [1.165, 1.54) is 13.2 Å². The quantitative estimate of drug-likeness (QED) is 0.245. The zero-order chi connectivity index (χ0) is 30.1. The van der Waals surface area contributed by atoms with Crippen molar-refractivity contribution in [3.63, 3.8) is 0 Å². The number of carbonyl (C=O) groups is 3. The van der Waals surface area contributed by atoms with E-state index < -0.39 is 29.7 Å². The zero-order valence-corrected chi connectivity index (χ0v) is 23.8. The average Bonchev–Trinajstić information content (AvgIpc) is 3.63. The maximum absolute atomic E-state index is 15.0. The van der Waals surface area contributed by atoms with Gasteiger partial charge >= 0.3 is 11.9 Å². The number of methoxy groups -OCH3 is 1. The molecule has 224 valence electrons. The van der Waals surface area contributed by atoms with E-state index >= 15 is 4.39 Å². The van der Waals surface area contributed by atoms with Crippen molar-refractivity contribution in [2.75, 3.05) is 7.11 Å². The number of benzene rings is 3. The highest BCUT2D eigenvalue weighted by molar-refractivity contribution is 5.98. The number of carboxylic acid groups (broad SMARTS) is 1. The minimum Gasteiger partial charge on any atom is -0.496 e. The van der Waals surface area contributed by atoms with Gasteiger partial charge in [0, 0.05) is 12.1 Å². The standard InChI is InChI=1S/C34H34FNO7/c1-41-28-17-27(35)29(16-26(28)32(37)36-31-22-10-9-21(15-22)30(31)33(38)39)43-24-13-11-20(12-14-24)34(40)42-18-23-7-4-6-19-5-2-3-8-25(19)23/h2-10,16-17,20-22,24,30-31H,11-15,18H2,1H3,(H,36,37)(H,38,39). The fourth-order valence-corrected chi connectivity index (χ4v) is 6.84. The number of hydrogen-bond donors (Lipinski definition) is 2. The number of fused-ring (bicyclic) bond motifs is 3. The maximum atomic E-state index is 15.0. The Morgan fingerprint density at radius 2 is 1.70 bits per heavy atom. The number of ether oxygens (including phenoxy) is 3. The molecule has 3 aromatic rings. The molecule has 4 unspecified atom stereocenters. The van der Waals surface area contributed by atoms with Gasteiger partial charge in [0.05, 0.1) is 30.6 Å². The number of halogens is 1. The van der Waals surface area contributed by atoms with Crippen LogP contribution in [0.5, 0.6) is 11.5 Å². The van der Waals surface area contributed by atoms with Crippen molar-refractivity contribution in [1.29, 1.82) is 0 Å². The molecule has 2 saturated carbocycles. The van der Waals surface area contributed by atoms with Crippen LogP contribution in [-0.4, -0.2) is 42.2 Å². The molecular formula is C34H34FNO7. The summed E-state index contributed by atoms with van der Waals surface area (Å²) in [4.78, 5) is 38.0. The Kier molecular flexibility index (Phi) is 8.06. The molecule has 8 nitrogen and oxygen atoms in total. The topological polar surface area (TPSA) is 111 Å². The van der Waals surface area contributed by atoms with Crippen LogP contribution in [0.4, 0.5) is 4.39 Å². The van der Waals surface area contributed by atoms with E-state index in [9.17, 15) is 19.5 Å². The molecule has 3 aliphatic carbocycles. The third-order valence-electron chi connectivity index (χ3n) is 9.09. The van der Waals surface area contributed by atoms with Gasteiger partial charge in [-0.3, -0.25) is 14.4 Å². The molecular weight excluding hydrogens is 553 g/mol. The number of aliphatic carboxylic acids is 1. The monoisotopic (exact) mass is 587 g/mol. The van der Waals surface area contributed by atoms with Gasteiger partial charge in [0.2, 0.25) is 0 Å². The molecule has 0 saturated heterocycles. The van der Waals surface area contributed by atoms with Crippen molar-refractivity contribution in [1.82, 2.24) is 5.32 Å². The van der Waals surface area contributed by atoms with E-state index in [0.717, 1.165) is 22.4 Å². The van der Waals surface area contributed by atoms with Crippen LogP contribution in [0.2, 0.25) is 0 Å². The number of esters is 1. The highest BCUT2D eigenvalue weighted by atomic mass is 19.1. The Morgan fingerprint density at radius 1 is 0.953 bits per heavy atom. The van der Waals surface area contributed by atoms with Crippen LogP contribution in [0.1, 0.15) is 48.0 Å². The Balaban J connectivity index is 1.07. The van der Waals surface area contributed by atoms with Gasteiger partial charge in [-0.1, -0.05) is 54.6 Å². The fourth-order valence-electron chi connectivity index (χ4n) is 6.84. The highest BCUT2D eigenvalue weighted by Gasteiger charge is 2.49. The average molecular weight is 588 g/mol. The van der Waals surface area contributed by atoms with Crippen LogP contribution in [-0.2, 0) is 20.9 Å². The molecule has 2 fully saturated rings. The van der Waals surface area contributed by atoms with E-state index in [1.54, 1.807) is 0 Å². The number of amides is 1. The van der Waals surface area contributed by atoms with E-state index in [1.807, 2.05) is 54.6 Å². The molecule has 4 atom stereocenters. The van der Waals surface area contributed by atoms with Gasteiger partial charge in [-0.25, -0.2) is 4.39 Å². The van der Waals surface area contributed by atoms with Crippen LogP contribution in [0, 0.1) is 29.5 Å². The summed E-state index contributed by atoms with van der Waals surface area (Å²) in [6, 6.07) is 15.7. The molecule has 2 N–H and O–H groups in total. The van der Waals surface area contributed by atoms with Gasteiger partial charge in [0.15, 0.2) is 11.6 Å². The molecule has 3 aliphatic rings. The maximum Gasteiger partial charge on any atom is 0.309 e. The first-order chi connectivity index (χ1) is 20.8. The third kappa shape index (κ3) is 5.81. The molecule has 0 spiro atoms. The van der Waals surface area contributed by atoms with Crippen molar-refractivity contribution in [3.8, 4) is 11.5 Å². The van der Waals surface area contributed by atoms with Crippen molar-refractivity contribution in [2.45, 2.75) is 50.9 Å². The largest absolute Gasteiger partial charge is 0.496 e. The number of rotatable bonds is 9. The van der Waals surface area contributed by atoms with Crippen LogP contribution in [0.3, 0.4) is 0 Å². The van der Waals surface area contributed by atoms with Gasteiger partial charge in [-0.05, 0) is 66.3 Å². The first-order valence-corrected chi connectivity index (χ1v) is 14.7. The van der Waals surface area contributed by atoms with Gasteiger partial charge in [-0.2, -0.15) is 0 Å². The molecule has 43 heavy (non-hydrogen) atoms. The van der Waals surface area contributed by atoms with E-state index in [-0.39, 0.29) is 53.5 Å². The molecule has 0 heterocycles. The molecule has 0 aromatic heterocycles. The van der Waals surface area contributed by atoms with Crippen molar-refractivity contribution >= 4 is 28.6 Å². The lowest BCUT2D eigenvalue weighted by molar-refractivity contribution is -0.151. The Hall–Kier alpha value is -4.40. The predicted octanol–water partition coefficient (Wildman–Crippen LogP) is 5.67. The van der Waals surface area contributed by atoms with Crippen LogP contribution in [0.15, 0.2) is 66.7 Å². The number of hydrogen-bond acceptors (Lipinski definition) is 6. The number of carbonyl (C=O) groups excluding carboxylic acids is 2. The zero-order valence-electron chi connectivity index (χ0n) is 23.8. The first-order valence-electron chi connectivity index (χ1n) is 14.7. The summed E-state index contributed by atoms with van der Waals surface area (Å²) in [6.07, 6.45) is 6.32. The minimum atomic E-state index is -0.953. The van der Waals surface area contributed by atoms with E-state index in [2.05, 4.69) is 5.32 Å². The Bertz CT molecular complexity index is 1570. The second kappa shape index (κ2) is 12.1. The van der Waals surface area contributed by atoms with Crippen molar-refractivity contribution < 1.29 is 38.1 Å². The number of allylic oxidation sites excluding steroid dienone is 1. The summed E-state index contributed by atoms with van der Waals surface area (Å²) in [7, 11) is 1.34. The van der Waals surface area contributed by atoms with Crippen LogP contribution >= 0.6 is 0 Å². The van der Waals surface area contributed by atoms with Crippen LogP contribution < -0.4 is 14.8 Å². The lowest BCUT2D eigenvalue weighted by atomic mass is 9.87. The molecule has 6 rings (SSSR count). The lowest BCUT2D eigenvalue weighted by Gasteiger charge is -2.28. The Labute approximate surface area is 248 Å². The van der Waals surface area contributed by atoms with Gasteiger partial charge in [0.25, 0.3) is 5.91 Å². The molecule has 9 heteroatoms. The molecule has 0 aliphatic heterocycles. The normalized spacial score (nSPS) is 25.8. The van der Waals surface area contributed by atoms with E-state index in [4.69, 9.17) is 14.2 Å². The van der Waals surface area contributed by atoms with Crippen molar-refractivity contribution in [3.05, 3.63) is 83.7 Å². The second-order valence-corrected chi connectivity index (χ2v) is 11.6. The molecule has 1 amide bonds. The van der Waals surface area contributed by atoms with Gasteiger partial charge in [-0.15, -0.1) is 0 Å². The molecule has 2 bridgehead atoms. The van der Waals surface area contributed by atoms with Gasteiger partial charge in [0.1, 0.15) is 12.4 Å². The first kappa shape index (κ1) is 28.7. The minimum absolute atomic E-state index is 0.0329. The van der Waals surface area contributed by atoms with Crippen LogP contribution in [0.25, 0.3) is 10.8 Å². The predicted molar refractivity (Wildman–Crippen MR) is 156 cm³/mol. The summed E-state index contributed by atoms with van der Waals surface area (Å²) in [5.74, 6) is -3.64. The Morgan fingerprint density at radius 3 is 2.47 bits per heavy atom. The third-order valence-corrected chi connectivity index (χ3v) is 9.09. The summed E-state index contributed by atoms with van der Waals surface area (Å²) in [5, 5.41) is 14.7. The van der Waals surface area contributed by atoms with E-state index in [0.29, 0.717) is 32.1 Å². The highest BCUT2D eigenvalue weighted by Crippen LogP contribution is 2.44. The summed E-state index contributed by atoms with van der Waals surface area (Å²) < 4.78 is 31.9. The number of nitrogens with one attached hydrogen (secondary N) is 1. The van der Waals surface area contributed by atoms with Gasteiger partial charge < -0.3 is 24.6 Å².